The van der Waals surface area contributed by atoms with Crippen LogP contribution in [0.25, 0.3) is 11.4 Å². The normalized spacial score (nSPS) is 14.9. The molecule has 0 unspecified atom stereocenters. The molecule has 0 bridgehead atoms. The van der Waals surface area contributed by atoms with Gasteiger partial charge < -0.3 is 10.0 Å². The maximum Gasteiger partial charge on any atom is 0.341 e. The minimum Gasteiger partial charge on any atom is -0.477 e. The molecule has 1 aliphatic rings. The van der Waals surface area contributed by atoms with Crippen molar-refractivity contribution in [1.29, 1.82) is 0 Å². The second-order valence-electron chi connectivity index (χ2n) is 5.29. The quantitative estimate of drug-likeness (QED) is 0.938. The van der Waals surface area contributed by atoms with Gasteiger partial charge in [0.25, 0.3) is 0 Å². The van der Waals surface area contributed by atoms with E-state index in [1.807, 2.05) is 17.0 Å². The highest BCUT2D eigenvalue weighted by Crippen LogP contribution is 2.25. The molecule has 0 atom stereocenters. The summed E-state index contributed by atoms with van der Waals surface area (Å²) in [6, 6.07) is 7.20. The Morgan fingerprint density at radius 1 is 1.14 bits per heavy atom. The molecular formula is C16H16ClN3O2. The molecule has 1 aromatic carbocycles. The van der Waals surface area contributed by atoms with Crippen LogP contribution in [0.4, 0.5) is 5.82 Å². The topological polar surface area (TPSA) is 66.3 Å². The number of halogens is 1. The zero-order chi connectivity index (χ0) is 15.5. The van der Waals surface area contributed by atoms with Crippen molar-refractivity contribution in [2.75, 3.05) is 18.0 Å². The number of hydrogen-bond acceptors (Lipinski definition) is 4. The first-order valence-corrected chi connectivity index (χ1v) is 7.64. The summed E-state index contributed by atoms with van der Waals surface area (Å²) in [5.74, 6) is 0.0256. The van der Waals surface area contributed by atoms with E-state index >= 15 is 0 Å². The molecule has 0 amide bonds. The molecule has 1 N–H and O–H groups in total. The Bertz CT molecular complexity index is 682. The Labute approximate surface area is 133 Å². The van der Waals surface area contributed by atoms with Crippen molar-refractivity contribution in [2.45, 2.75) is 19.3 Å². The van der Waals surface area contributed by atoms with Gasteiger partial charge in [-0.2, -0.15) is 0 Å². The summed E-state index contributed by atoms with van der Waals surface area (Å²) in [6.07, 6.45) is 4.68. The van der Waals surface area contributed by atoms with Crippen LogP contribution in [0.3, 0.4) is 0 Å². The van der Waals surface area contributed by atoms with Crippen molar-refractivity contribution < 1.29 is 9.90 Å². The van der Waals surface area contributed by atoms with Gasteiger partial charge in [-0.1, -0.05) is 11.6 Å². The van der Waals surface area contributed by atoms with Crippen LogP contribution in [0.5, 0.6) is 0 Å². The highest BCUT2D eigenvalue weighted by Gasteiger charge is 2.21. The van der Waals surface area contributed by atoms with Crippen molar-refractivity contribution in [1.82, 2.24) is 9.97 Å². The van der Waals surface area contributed by atoms with Gasteiger partial charge in [-0.15, -0.1) is 0 Å². The third-order valence-electron chi connectivity index (χ3n) is 3.76. The van der Waals surface area contributed by atoms with E-state index in [1.165, 1.54) is 12.6 Å². The fraction of sp³-hybridized carbons (Fsp3) is 0.312. The number of nitrogens with zero attached hydrogens (tertiary/aromatic N) is 3. The van der Waals surface area contributed by atoms with Crippen molar-refractivity contribution in [3.8, 4) is 11.4 Å². The number of aromatic carboxylic acids is 1. The monoisotopic (exact) mass is 317 g/mol. The number of benzene rings is 1. The number of rotatable bonds is 3. The van der Waals surface area contributed by atoms with Crippen LogP contribution in [0.2, 0.25) is 5.02 Å². The Morgan fingerprint density at radius 3 is 2.45 bits per heavy atom. The predicted octanol–water partition coefficient (Wildman–Crippen LogP) is 3.49. The van der Waals surface area contributed by atoms with Gasteiger partial charge in [-0.25, -0.2) is 14.8 Å². The first-order valence-electron chi connectivity index (χ1n) is 7.26. The minimum absolute atomic E-state index is 0.152. The highest BCUT2D eigenvalue weighted by atomic mass is 35.5. The van der Waals surface area contributed by atoms with Gasteiger partial charge in [0.2, 0.25) is 0 Å². The van der Waals surface area contributed by atoms with Gasteiger partial charge in [0.1, 0.15) is 11.4 Å². The SMILES string of the molecule is O=C(O)c1cnc(-c2ccc(Cl)cc2)nc1N1CCCCC1. The molecule has 2 aromatic rings. The highest BCUT2D eigenvalue weighted by molar-refractivity contribution is 6.30. The van der Waals surface area contributed by atoms with Crippen LogP contribution in [0, 0.1) is 0 Å². The maximum atomic E-state index is 11.4. The predicted molar refractivity (Wildman–Crippen MR) is 85.5 cm³/mol. The maximum absolute atomic E-state index is 11.4. The van der Waals surface area contributed by atoms with Crippen molar-refractivity contribution in [3.63, 3.8) is 0 Å². The fourth-order valence-electron chi connectivity index (χ4n) is 2.61. The van der Waals surface area contributed by atoms with E-state index in [4.69, 9.17) is 11.6 Å². The van der Waals surface area contributed by atoms with E-state index in [1.54, 1.807) is 12.1 Å². The molecule has 1 aromatic heterocycles. The zero-order valence-corrected chi connectivity index (χ0v) is 12.8. The van der Waals surface area contributed by atoms with Gasteiger partial charge >= 0.3 is 5.97 Å². The fourth-order valence-corrected chi connectivity index (χ4v) is 2.73. The molecule has 0 radical (unpaired) electrons. The van der Waals surface area contributed by atoms with E-state index in [0.29, 0.717) is 16.7 Å². The molecule has 0 spiro atoms. The summed E-state index contributed by atoms with van der Waals surface area (Å²) in [4.78, 5) is 22.2. The minimum atomic E-state index is -0.997. The molecular weight excluding hydrogens is 302 g/mol. The van der Waals surface area contributed by atoms with Crippen molar-refractivity contribution >= 4 is 23.4 Å². The van der Waals surface area contributed by atoms with Crippen LogP contribution in [-0.4, -0.2) is 34.1 Å². The van der Waals surface area contributed by atoms with Crippen molar-refractivity contribution in [2.24, 2.45) is 0 Å². The molecule has 6 heteroatoms. The van der Waals surface area contributed by atoms with Crippen LogP contribution < -0.4 is 4.90 Å². The number of piperidine rings is 1. The summed E-state index contributed by atoms with van der Waals surface area (Å²) in [5.41, 5.74) is 0.971. The Kier molecular flexibility index (Phi) is 4.24. The van der Waals surface area contributed by atoms with Gasteiger partial charge in [0.15, 0.2) is 5.82 Å². The first-order chi connectivity index (χ1) is 10.6. The average molecular weight is 318 g/mol. The Balaban J connectivity index is 2.02. The summed E-state index contributed by atoms with van der Waals surface area (Å²) in [6.45, 7) is 1.66. The first kappa shape index (κ1) is 14.8. The number of carboxylic acid groups (broad SMARTS) is 1. The Morgan fingerprint density at radius 2 is 1.82 bits per heavy atom. The Hall–Kier alpha value is -2.14. The third kappa shape index (κ3) is 3.04. The lowest BCUT2D eigenvalue weighted by molar-refractivity contribution is 0.0696. The van der Waals surface area contributed by atoms with Crippen molar-refractivity contribution in [3.05, 3.63) is 41.0 Å². The van der Waals surface area contributed by atoms with Gasteiger partial charge in [-0.05, 0) is 43.5 Å². The lowest BCUT2D eigenvalue weighted by Gasteiger charge is -2.28. The van der Waals surface area contributed by atoms with E-state index in [9.17, 15) is 9.90 Å². The van der Waals surface area contributed by atoms with Gasteiger partial charge in [0.05, 0.1) is 0 Å². The number of carbonyl (C=O) groups is 1. The third-order valence-corrected chi connectivity index (χ3v) is 4.01. The van der Waals surface area contributed by atoms with Crippen LogP contribution in [-0.2, 0) is 0 Å². The average Bonchev–Trinajstić information content (AvgIpc) is 2.56. The molecule has 1 aliphatic heterocycles. The standard InChI is InChI=1S/C16H16ClN3O2/c17-12-6-4-11(5-7-12)14-18-10-13(16(21)22)15(19-14)20-8-2-1-3-9-20/h4-7,10H,1-3,8-9H2,(H,21,22). The number of anilines is 1. The second-order valence-corrected chi connectivity index (χ2v) is 5.73. The summed E-state index contributed by atoms with van der Waals surface area (Å²) in [7, 11) is 0. The van der Waals surface area contributed by atoms with Crippen LogP contribution in [0.1, 0.15) is 29.6 Å². The van der Waals surface area contributed by atoms with Gasteiger partial charge in [-0.3, -0.25) is 0 Å². The van der Waals surface area contributed by atoms with E-state index in [-0.39, 0.29) is 5.56 Å². The molecule has 114 valence electrons. The lowest BCUT2D eigenvalue weighted by atomic mass is 10.1. The zero-order valence-electron chi connectivity index (χ0n) is 12.0. The number of aromatic nitrogens is 2. The largest absolute Gasteiger partial charge is 0.477 e. The van der Waals surface area contributed by atoms with Crippen LogP contribution >= 0.6 is 11.6 Å². The van der Waals surface area contributed by atoms with E-state index in [0.717, 1.165) is 31.5 Å². The summed E-state index contributed by atoms with van der Waals surface area (Å²) < 4.78 is 0. The molecule has 1 saturated heterocycles. The molecule has 0 saturated carbocycles. The second kappa shape index (κ2) is 6.32. The molecule has 1 fully saturated rings. The van der Waals surface area contributed by atoms with Gasteiger partial charge in [0, 0.05) is 29.9 Å². The van der Waals surface area contributed by atoms with Crippen LogP contribution in [0.15, 0.2) is 30.5 Å². The molecule has 5 nitrogen and oxygen atoms in total. The summed E-state index contributed by atoms with van der Waals surface area (Å²) in [5, 5.41) is 10.0. The molecule has 0 aliphatic carbocycles. The smallest absolute Gasteiger partial charge is 0.341 e. The lowest BCUT2D eigenvalue weighted by Crippen LogP contribution is -2.32. The van der Waals surface area contributed by atoms with E-state index in [2.05, 4.69) is 9.97 Å². The molecule has 22 heavy (non-hydrogen) atoms. The summed E-state index contributed by atoms with van der Waals surface area (Å²) >= 11 is 5.89. The molecule has 3 rings (SSSR count). The number of hydrogen-bond donors (Lipinski definition) is 1. The van der Waals surface area contributed by atoms with E-state index < -0.39 is 5.97 Å². The number of carboxylic acids is 1. The molecule has 2 heterocycles.